The predicted molar refractivity (Wildman–Crippen MR) is 67.6 cm³/mol. The minimum atomic E-state index is -0.228. The molecule has 1 aliphatic rings. The van der Waals surface area contributed by atoms with Gasteiger partial charge in [0.05, 0.1) is 6.54 Å². The zero-order valence-corrected chi connectivity index (χ0v) is 10.9. The lowest BCUT2D eigenvalue weighted by molar-refractivity contribution is -0.121. The fraction of sp³-hybridized carbons (Fsp3) is 0.600. The quantitative estimate of drug-likeness (QED) is 0.802. The maximum absolute atomic E-state index is 12.1. The Morgan fingerprint density at radius 2 is 2.39 bits per heavy atom. The molecule has 2 N–H and O–H groups in total. The van der Waals surface area contributed by atoms with Crippen molar-refractivity contribution in [1.82, 2.24) is 20.4 Å². The van der Waals surface area contributed by atoms with E-state index < -0.39 is 0 Å². The number of hydrogen-bond donors (Lipinski definition) is 2. The van der Waals surface area contributed by atoms with Gasteiger partial charge in [-0.05, 0) is 13.3 Å². The lowest BCUT2D eigenvalue weighted by atomic mass is 10.4. The molecule has 2 amide bonds. The highest BCUT2D eigenvalue weighted by Crippen LogP contribution is 2.17. The monoisotopic (exact) mass is 269 g/mol. The highest BCUT2D eigenvalue weighted by atomic mass is 32.1. The standard InChI is InChI=1S/C10H15N5O2S/c1-2-11-10-14-13-8(18-10)9(17)15-5-3-4-12-7(16)6-15/h2-6H2,1H3,(H,11,14)(H,12,16). The van der Waals surface area contributed by atoms with Crippen LogP contribution in [0.1, 0.15) is 23.1 Å². The van der Waals surface area contributed by atoms with Gasteiger partial charge in [0, 0.05) is 19.6 Å². The molecule has 0 unspecified atom stereocenters. The van der Waals surface area contributed by atoms with Crippen LogP contribution in [0, 0.1) is 0 Å². The summed E-state index contributed by atoms with van der Waals surface area (Å²) in [4.78, 5) is 25.0. The molecule has 1 saturated heterocycles. The number of rotatable bonds is 3. The zero-order valence-electron chi connectivity index (χ0n) is 10.1. The number of anilines is 1. The van der Waals surface area contributed by atoms with Crippen molar-refractivity contribution < 1.29 is 9.59 Å². The first-order valence-corrected chi connectivity index (χ1v) is 6.65. The van der Waals surface area contributed by atoms with Gasteiger partial charge < -0.3 is 15.5 Å². The summed E-state index contributed by atoms with van der Waals surface area (Å²) in [5.41, 5.74) is 0. The van der Waals surface area contributed by atoms with Gasteiger partial charge in [-0.15, -0.1) is 10.2 Å². The van der Waals surface area contributed by atoms with Gasteiger partial charge in [-0.25, -0.2) is 0 Å². The van der Waals surface area contributed by atoms with E-state index >= 15 is 0 Å². The molecular formula is C10H15N5O2S. The fourth-order valence-corrected chi connectivity index (χ4v) is 2.43. The molecule has 2 rings (SSSR count). The predicted octanol–water partition coefficient (Wildman–Crippen LogP) is -0.0680. The molecule has 98 valence electrons. The molecule has 8 heteroatoms. The van der Waals surface area contributed by atoms with Gasteiger partial charge in [-0.1, -0.05) is 11.3 Å². The van der Waals surface area contributed by atoms with Crippen molar-refractivity contribution >= 4 is 28.3 Å². The molecule has 1 aromatic heterocycles. The Labute approximate surface area is 109 Å². The molecular weight excluding hydrogens is 254 g/mol. The lowest BCUT2D eigenvalue weighted by Gasteiger charge is -2.16. The average Bonchev–Trinajstić information content (AvgIpc) is 2.70. The van der Waals surface area contributed by atoms with Crippen LogP contribution in [0.2, 0.25) is 0 Å². The Bertz CT molecular complexity index is 447. The molecule has 0 aromatic carbocycles. The number of aromatic nitrogens is 2. The minimum absolute atomic E-state index is 0.0922. The van der Waals surface area contributed by atoms with Crippen LogP contribution in [0.3, 0.4) is 0 Å². The van der Waals surface area contributed by atoms with Gasteiger partial charge in [0.1, 0.15) is 0 Å². The van der Waals surface area contributed by atoms with E-state index in [1.54, 1.807) is 0 Å². The van der Waals surface area contributed by atoms with Crippen LogP contribution >= 0.6 is 11.3 Å². The van der Waals surface area contributed by atoms with E-state index in [1.807, 2.05) is 6.92 Å². The van der Waals surface area contributed by atoms with E-state index in [0.29, 0.717) is 23.2 Å². The molecule has 1 aliphatic heterocycles. The molecule has 0 bridgehead atoms. The molecule has 18 heavy (non-hydrogen) atoms. The second-order valence-corrected chi connectivity index (χ2v) is 4.85. The summed E-state index contributed by atoms with van der Waals surface area (Å²) < 4.78 is 0. The first-order chi connectivity index (χ1) is 8.70. The summed E-state index contributed by atoms with van der Waals surface area (Å²) in [5.74, 6) is -0.356. The second kappa shape index (κ2) is 5.76. The second-order valence-electron chi connectivity index (χ2n) is 3.87. The summed E-state index contributed by atoms with van der Waals surface area (Å²) in [5, 5.41) is 14.4. The summed E-state index contributed by atoms with van der Waals surface area (Å²) >= 11 is 1.21. The van der Waals surface area contributed by atoms with Crippen LogP contribution in [0.5, 0.6) is 0 Å². The van der Waals surface area contributed by atoms with Gasteiger partial charge in [0.2, 0.25) is 16.0 Å². The third-order valence-electron chi connectivity index (χ3n) is 2.48. The molecule has 1 fully saturated rings. The van der Waals surface area contributed by atoms with Crippen molar-refractivity contribution in [2.75, 3.05) is 31.5 Å². The Kier molecular flexibility index (Phi) is 4.08. The molecule has 0 spiro atoms. The molecule has 0 saturated carbocycles. The third kappa shape index (κ3) is 2.95. The number of nitrogens with one attached hydrogen (secondary N) is 2. The minimum Gasteiger partial charge on any atom is -0.360 e. The van der Waals surface area contributed by atoms with Gasteiger partial charge in [-0.3, -0.25) is 9.59 Å². The Hall–Kier alpha value is -1.70. The number of amides is 2. The Balaban J connectivity index is 2.06. The summed E-state index contributed by atoms with van der Waals surface area (Å²) in [7, 11) is 0. The smallest absolute Gasteiger partial charge is 0.285 e. The topological polar surface area (TPSA) is 87.2 Å². The van der Waals surface area contributed by atoms with Crippen molar-refractivity contribution in [2.24, 2.45) is 0 Å². The van der Waals surface area contributed by atoms with Crippen molar-refractivity contribution in [3.8, 4) is 0 Å². The van der Waals surface area contributed by atoms with Crippen molar-refractivity contribution in [3.63, 3.8) is 0 Å². The highest BCUT2D eigenvalue weighted by molar-refractivity contribution is 7.17. The summed E-state index contributed by atoms with van der Waals surface area (Å²) in [6.45, 7) is 3.95. The number of hydrogen-bond acceptors (Lipinski definition) is 6. The van der Waals surface area contributed by atoms with Crippen LogP contribution in [-0.4, -0.2) is 53.1 Å². The molecule has 0 aliphatic carbocycles. The van der Waals surface area contributed by atoms with Gasteiger partial charge in [0.25, 0.3) is 5.91 Å². The van der Waals surface area contributed by atoms with Crippen LogP contribution in [0.25, 0.3) is 0 Å². The number of carbonyl (C=O) groups excluding carboxylic acids is 2. The maximum atomic E-state index is 12.1. The molecule has 0 radical (unpaired) electrons. The van der Waals surface area contributed by atoms with Crippen molar-refractivity contribution in [3.05, 3.63) is 5.01 Å². The lowest BCUT2D eigenvalue weighted by Crippen LogP contribution is -2.37. The van der Waals surface area contributed by atoms with Gasteiger partial charge in [-0.2, -0.15) is 0 Å². The molecule has 2 heterocycles. The number of carbonyl (C=O) groups is 2. The fourth-order valence-electron chi connectivity index (χ4n) is 1.65. The van der Waals surface area contributed by atoms with E-state index in [9.17, 15) is 9.59 Å². The van der Waals surface area contributed by atoms with Crippen LogP contribution in [0.15, 0.2) is 0 Å². The van der Waals surface area contributed by atoms with E-state index in [4.69, 9.17) is 0 Å². The third-order valence-corrected chi connectivity index (χ3v) is 3.35. The Morgan fingerprint density at radius 3 is 3.17 bits per heavy atom. The Morgan fingerprint density at radius 1 is 1.56 bits per heavy atom. The van der Waals surface area contributed by atoms with Crippen LogP contribution < -0.4 is 10.6 Å². The van der Waals surface area contributed by atoms with Gasteiger partial charge in [0.15, 0.2) is 0 Å². The molecule has 1 aromatic rings. The zero-order chi connectivity index (χ0) is 13.0. The SMILES string of the molecule is CCNc1nnc(C(=O)N2CCCNC(=O)C2)s1. The number of nitrogens with zero attached hydrogens (tertiary/aromatic N) is 3. The van der Waals surface area contributed by atoms with E-state index in [-0.39, 0.29) is 18.4 Å². The van der Waals surface area contributed by atoms with E-state index in [1.165, 1.54) is 16.2 Å². The molecule has 7 nitrogen and oxygen atoms in total. The van der Waals surface area contributed by atoms with E-state index in [2.05, 4.69) is 20.8 Å². The molecule has 0 atom stereocenters. The van der Waals surface area contributed by atoms with Crippen LogP contribution in [0.4, 0.5) is 5.13 Å². The largest absolute Gasteiger partial charge is 0.360 e. The van der Waals surface area contributed by atoms with E-state index in [0.717, 1.165) is 13.0 Å². The first-order valence-electron chi connectivity index (χ1n) is 5.84. The van der Waals surface area contributed by atoms with Crippen molar-refractivity contribution in [2.45, 2.75) is 13.3 Å². The summed E-state index contributed by atoms with van der Waals surface area (Å²) in [6.07, 6.45) is 0.760. The van der Waals surface area contributed by atoms with Crippen LogP contribution in [-0.2, 0) is 4.79 Å². The van der Waals surface area contributed by atoms with Gasteiger partial charge >= 0.3 is 0 Å². The summed E-state index contributed by atoms with van der Waals surface area (Å²) in [6, 6.07) is 0. The van der Waals surface area contributed by atoms with Crippen molar-refractivity contribution in [1.29, 1.82) is 0 Å². The highest BCUT2D eigenvalue weighted by Gasteiger charge is 2.23. The first kappa shape index (κ1) is 12.7. The average molecular weight is 269 g/mol. The maximum Gasteiger partial charge on any atom is 0.285 e. The normalized spacial score (nSPS) is 16.1.